The second kappa shape index (κ2) is 22.9. The molecule has 0 aliphatic rings. The number of aromatic nitrogens is 2. The standard InChI is InChI=1S/C37H41ClN8O4S2.2ClH/c1-22(2)17-31(37(48)49)45-34(47)30(5-3-4-14-39)43-15-16-50-27-12-8-23(9-13-27)32-28(18-40)33(42)46-36(29(32)19-41)52-21-26-20-51-35(44-26)24-6-10-25(38)11-7-24;;/h6-13,20,22,30-31,43H,3-5,14-17,21,39H2,1-2H3,(H2,42,46)(H,45,47)(H,48,49);2*1H/t30-,31-;;/m0../s1. The van der Waals surface area contributed by atoms with Crippen molar-refractivity contribution in [3.05, 3.63) is 75.8 Å². The van der Waals surface area contributed by atoms with Gasteiger partial charge >= 0.3 is 5.97 Å². The molecule has 0 aliphatic carbocycles. The Hall–Kier alpha value is -4.12. The minimum atomic E-state index is -1.07. The summed E-state index contributed by atoms with van der Waals surface area (Å²) in [6.07, 6.45) is 2.27. The molecule has 2 aromatic carbocycles. The lowest BCUT2D eigenvalue weighted by molar-refractivity contribution is -0.142. The molecular formula is C37H43Cl3N8O4S2. The number of nitrogens with two attached hydrogens (primary N) is 2. The highest BCUT2D eigenvalue weighted by molar-refractivity contribution is 7.98. The van der Waals surface area contributed by atoms with Crippen molar-refractivity contribution < 1.29 is 19.4 Å². The number of carbonyl (C=O) groups is 2. The fourth-order valence-corrected chi connectivity index (χ4v) is 7.28. The van der Waals surface area contributed by atoms with Gasteiger partial charge in [-0.05, 0) is 61.6 Å². The van der Waals surface area contributed by atoms with E-state index in [1.54, 1.807) is 24.3 Å². The van der Waals surface area contributed by atoms with Crippen LogP contribution in [-0.4, -0.2) is 58.7 Å². The molecular weight excluding hydrogens is 791 g/mol. The highest BCUT2D eigenvalue weighted by Crippen LogP contribution is 2.37. The number of thiazole rings is 1. The number of amides is 1. The number of carboxylic acid groups (broad SMARTS) is 1. The Labute approximate surface area is 340 Å². The Morgan fingerprint density at radius 1 is 1.00 bits per heavy atom. The third kappa shape index (κ3) is 13.0. The number of hydrogen-bond donors (Lipinski definition) is 5. The molecule has 0 spiro atoms. The van der Waals surface area contributed by atoms with E-state index in [2.05, 4.69) is 27.8 Å². The molecule has 2 heterocycles. The van der Waals surface area contributed by atoms with Crippen molar-refractivity contribution in [2.24, 2.45) is 11.7 Å². The molecule has 2 aromatic heterocycles. The van der Waals surface area contributed by atoms with Crippen LogP contribution in [0.2, 0.25) is 5.02 Å². The Kier molecular flexibility index (Phi) is 19.6. The van der Waals surface area contributed by atoms with E-state index in [-0.39, 0.29) is 60.2 Å². The first kappa shape index (κ1) is 46.0. The molecule has 12 nitrogen and oxygen atoms in total. The van der Waals surface area contributed by atoms with E-state index in [0.29, 0.717) is 65.0 Å². The number of nitriles is 2. The summed E-state index contributed by atoms with van der Waals surface area (Å²) in [5.41, 5.74) is 15.0. The van der Waals surface area contributed by atoms with Gasteiger partial charge in [0.15, 0.2) is 0 Å². The maximum absolute atomic E-state index is 13.0. The van der Waals surface area contributed by atoms with Crippen molar-refractivity contribution in [3.63, 3.8) is 0 Å². The van der Waals surface area contributed by atoms with Crippen LogP contribution in [-0.2, 0) is 15.3 Å². The second-order valence-electron chi connectivity index (χ2n) is 12.3. The van der Waals surface area contributed by atoms with Crippen LogP contribution in [0, 0.1) is 28.6 Å². The number of benzene rings is 2. The quantitative estimate of drug-likeness (QED) is 0.0474. The van der Waals surface area contributed by atoms with Gasteiger partial charge in [0, 0.05) is 33.8 Å². The molecule has 0 fully saturated rings. The fraction of sp³-hybridized carbons (Fsp3) is 0.351. The smallest absolute Gasteiger partial charge is 0.326 e. The van der Waals surface area contributed by atoms with Crippen LogP contribution in [0.15, 0.2) is 58.9 Å². The molecule has 17 heteroatoms. The normalized spacial score (nSPS) is 11.7. The summed E-state index contributed by atoms with van der Waals surface area (Å²) >= 11 is 8.84. The highest BCUT2D eigenvalue weighted by Gasteiger charge is 2.26. The Morgan fingerprint density at radius 2 is 1.67 bits per heavy atom. The van der Waals surface area contributed by atoms with Gasteiger partial charge in [-0.25, -0.2) is 14.8 Å². The molecule has 4 aromatic rings. The molecule has 0 bridgehead atoms. The third-order valence-electron chi connectivity index (χ3n) is 7.90. The van der Waals surface area contributed by atoms with Gasteiger partial charge in [-0.1, -0.05) is 67.9 Å². The molecule has 4 rings (SSSR count). The van der Waals surface area contributed by atoms with E-state index >= 15 is 0 Å². The van der Waals surface area contributed by atoms with Crippen molar-refractivity contribution in [2.45, 2.75) is 62.4 Å². The Balaban J connectivity index is 0.00000504. The molecule has 0 saturated heterocycles. The van der Waals surface area contributed by atoms with Crippen molar-refractivity contribution in [1.29, 1.82) is 10.5 Å². The number of nitrogens with zero attached hydrogens (tertiary/aromatic N) is 4. The van der Waals surface area contributed by atoms with Gasteiger partial charge in [0.25, 0.3) is 0 Å². The molecule has 288 valence electrons. The summed E-state index contributed by atoms with van der Waals surface area (Å²) in [4.78, 5) is 33.8. The summed E-state index contributed by atoms with van der Waals surface area (Å²) in [5, 5.41) is 39.5. The number of pyridine rings is 1. The van der Waals surface area contributed by atoms with Gasteiger partial charge in [-0.15, -0.1) is 36.2 Å². The van der Waals surface area contributed by atoms with Crippen molar-refractivity contribution >= 4 is 77.2 Å². The first-order valence-corrected chi connectivity index (χ1v) is 19.0. The Bertz CT molecular complexity index is 1920. The number of ether oxygens (including phenoxy) is 1. The second-order valence-corrected chi connectivity index (χ2v) is 14.5. The lowest BCUT2D eigenvalue weighted by Crippen LogP contribution is -2.51. The summed E-state index contributed by atoms with van der Waals surface area (Å²) in [5.74, 6) is -0.350. The van der Waals surface area contributed by atoms with Crippen LogP contribution in [0.4, 0.5) is 5.82 Å². The van der Waals surface area contributed by atoms with Gasteiger partial charge < -0.3 is 31.9 Å². The van der Waals surface area contributed by atoms with E-state index in [1.165, 1.54) is 23.1 Å². The lowest BCUT2D eigenvalue weighted by atomic mass is 9.97. The molecule has 7 N–H and O–H groups in total. The van der Waals surface area contributed by atoms with Gasteiger partial charge in [0.1, 0.15) is 52.0 Å². The highest BCUT2D eigenvalue weighted by atomic mass is 35.5. The Morgan fingerprint density at radius 3 is 2.28 bits per heavy atom. The van der Waals surface area contributed by atoms with Gasteiger partial charge in [0.2, 0.25) is 5.91 Å². The van der Waals surface area contributed by atoms with E-state index in [9.17, 15) is 25.2 Å². The lowest BCUT2D eigenvalue weighted by Gasteiger charge is -2.22. The number of nitrogens with one attached hydrogen (secondary N) is 2. The monoisotopic (exact) mass is 832 g/mol. The number of thioether (sulfide) groups is 1. The van der Waals surface area contributed by atoms with Crippen molar-refractivity contribution in [3.8, 4) is 39.6 Å². The van der Waals surface area contributed by atoms with Crippen LogP contribution in [0.25, 0.3) is 21.7 Å². The minimum absolute atomic E-state index is 0. The number of anilines is 1. The number of carboxylic acids is 1. The number of aliphatic carboxylic acids is 1. The van der Waals surface area contributed by atoms with E-state index < -0.39 is 18.1 Å². The number of halogens is 3. The summed E-state index contributed by atoms with van der Waals surface area (Å²) in [7, 11) is 0. The van der Waals surface area contributed by atoms with Crippen LogP contribution in [0.1, 0.15) is 56.4 Å². The van der Waals surface area contributed by atoms with Gasteiger partial charge in [-0.2, -0.15) is 10.5 Å². The maximum atomic E-state index is 13.0. The molecule has 2 atom stereocenters. The first-order valence-electron chi connectivity index (χ1n) is 16.7. The van der Waals surface area contributed by atoms with Gasteiger partial charge in [0.05, 0.1) is 17.3 Å². The number of carbonyl (C=O) groups excluding carboxylic acids is 1. The van der Waals surface area contributed by atoms with Crippen LogP contribution in [0.3, 0.4) is 0 Å². The zero-order valence-electron chi connectivity index (χ0n) is 29.7. The average molecular weight is 834 g/mol. The third-order valence-corrected chi connectivity index (χ3v) is 10.1. The molecule has 54 heavy (non-hydrogen) atoms. The molecule has 0 radical (unpaired) electrons. The number of hydrogen-bond acceptors (Lipinski definition) is 12. The minimum Gasteiger partial charge on any atom is -0.492 e. The fourth-order valence-electron chi connectivity index (χ4n) is 5.34. The van der Waals surface area contributed by atoms with E-state index in [4.69, 9.17) is 32.8 Å². The molecule has 0 aliphatic heterocycles. The predicted molar refractivity (Wildman–Crippen MR) is 219 cm³/mol. The van der Waals surface area contributed by atoms with Crippen molar-refractivity contribution in [1.82, 2.24) is 20.6 Å². The van der Waals surface area contributed by atoms with E-state index in [0.717, 1.165) is 22.7 Å². The molecule has 1 amide bonds. The molecule has 0 saturated carbocycles. The zero-order valence-corrected chi connectivity index (χ0v) is 33.7. The maximum Gasteiger partial charge on any atom is 0.326 e. The van der Waals surface area contributed by atoms with Crippen LogP contribution < -0.4 is 26.8 Å². The summed E-state index contributed by atoms with van der Waals surface area (Å²) in [6, 6.07) is 17.1. The average Bonchev–Trinajstić information content (AvgIpc) is 3.60. The number of nitrogen functional groups attached to an aromatic ring is 1. The predicted octanol–water partition coefficient (Wildman–Crippen LogP) is 7.07. The van der Waals surface area contributed by atoms with Crippen LogP contribution in [0.5, 0.6) is 5.75 Å². The zero-order chi connectivity index (χ0) is 37.6. The SMILES string of the molecule is CC(C)C[C@H](NC(=O)[C@H](CCCCN)NCCOc1ccc(-c2c(C#N)c(N)nc(SCc3csc(-c4ccc(Cl)cc4)n3)c2C#N)cc1)C(=O)O.Cl.Cl. The topological polar surface area (TPSA) is 213 Å². The largest absolute Gasteiger partial charge is 0.492 e. The summed E-state index contributed by atoms with van der Waals surface area (Å²) < 4.78 is 5.92. The number of unbranched alkanes of at least 4 members (excludes halogenated alkanes) is 1. The van der Waals surface area contributed by atoms with Crippen LogP contribution >= 0.6 is 59.5 Å². The van der Waals surface area contributed by atoms with Crippen molar-refractivity contribution in [2.75, 3.05) is 25.4 Å². The first-order chi connectivity index (χ1) is 25.0. The summed E-state index contributed by atoms with van der Waals surface area (Å²) in [6.45, 7) is 4.85. The van der Waals surface area contributed by atoms with E-state index in [1.807, 2.05) is 43.5 Å². The number of rotatable bonds is 19. The molecule has 0 unspecified atom stereocenters. The van der Waals surface area contributed by atoms with Gasteiger partial charge in [-0.3, -0.25) is 4.79 Å².